The number of carbonyl (C=O) groups excluding carboxylic acids is 1. The molecule has 1 amide bonds. The number of nitrogens with zero attached hydrogens (tertiary/aromatic N) is 3. The second-order valence-corrected chi connectivity index (χ2v) is 8.11. The Morgan fingerprint density at radius 2 is 1.86 bits per heavy atom. The summed E-state index contributed by atoms with van der Waals surface area (Å²) in [6.45, 7) is 3.39. The topological polar surface area (TPSA) is 58.4 Å². The van der Waals surface area contributed by atoms with Crippen molar-refractivity contribution in [3.8, 4) is 11.4 Å². The van der Waals surface area contributed by atoms with Gasteiger partial charge >= 0.3 is 0 Å². The molecule has 1 N–H and O–H groups in total. The minimum absolute atomic E-state index is 0.0444. The fourth-order valence-corrected chi connectivity index (χ4v) is 4.21. The van der Waals surface area contributed by atoms with Gasteiger partial charge in [-0.2, -0.15) is 5.10 Å². The van der Waals surface area contributed by atoms with Crippen molar-refractivity contribution in [3.63, 3.8) is 0 Å². The first-order chi connectivity index (χ1) is 13.5. The third-order valence-electron chi connectivity index (χ3n) is 5.44. The Hall–Kier alpha value is -2.60. The molecule has 1 aliphatic rings. The van der Waals surface area contributed by atoms with E-state index >= 15 is 0 Å². The number of hydrogen-bond donors (Lipinski definition) is 1. The van der Waals surface area contributed by atoms with Crippen LogP contribution in [0.5, 0.6) is 5.75 Å². The Labute approximate surface area is 172 Å². The van der Waals surface area contributed by atoms with Crippen molar-refractivity contribution in [2.45, 2.75) is 25.7 Å². The zero-order valence-corrected chi connectivity index (χ0v) is 17.3. The molecule has 5 nitrogen and oxygen atoms in total. The van der Waals surface area contributed by atoms with E-state index in [2.05, 4.69) is 21.0 Å². The summed E-state index contributed by atoms with van der Waals surface area (Å²) in [5, 5.41) is 13.9. The van der Waals surface area contributed by atoms with E-state index in [9.17, 15) is 9.90 Å². The van der Waals surface area contributed by atoms with Crippen LogP contribution in [0, 0.1) is 6.92 Å². The van der Waals surface area contributed by atoms with E-state index in [-0.39, 0.29) is 11.7 Å². The number of aromatic hydroxyl groups is 1. The first kappa shape index (κ1) is 18.7. The number of aromatic nitrogens is 2. The van der Waals surface area contributed by atoms with Gasteiger partial charge in [0.05, 0.1) is 23.1 Å². The minimum Gasteiger partial charge on any atom is -0.508 e. The Kier molecular flexibility index (Phi) is 5.22. The van der Waals surface area contributed by atoms with Gasteiger partial charge in [-0.3, -0.25) is 4.79 Å². The Morgan fingerprint density at radius 3 is 2.54 bits per heavy atom. The molecule has 2 heterocycles. The lowest BCUT2D eigenvalue weighted by molar-refractivity contribution is 0.0712. The lowest BCUT2D eigenvalue weighted by Gasteiger charge is -2.32. The molecule has 1 aromatic heterocycles. The Bertz CT molecular complexity index is 989. The quantitative estimate of drug-likeness (QED) is 0.644. The molecule has 2 aromatic carbocycles. The molecule has 0 atom stereocenters. The van der Waals surface area contributed by atoms with Gasteiger partial charge in [-0.1, -0.05) is 34.1 Å². The summed E-state index contributed by atoms with van der Waals surface area (Å²) in [6.07, 6.45) is 3.52. The van der Waals surface area contributed by atoms with E-state index in [4.69, 9.17) is 0 Å². The molecule has 144 valence electrons. The van der Waals surface area contributed by atoms with E-state index in [0.717, 1.165) is 41.8 Å². The fraction of sp³-hybridized carbons (Fsp3) is 0.273. The fourth-order valence-electron chi connectivity index (χ4n) is 3.82. The maximum atomic E-state index is 13.1. The number of benzene rings is 2. The van der Waals surface area contributed by atoms with E-state index in [1.165, 1.54) is 5.56 Å². The van der Waals surface area contributed by atoms with Crippen molar-refractivity contribution in [3.05, 3.63) is 76.0 Å². The zero-order chi connectivity index (χ0) is 19.7. The second kappa shape index (κ2) is 7.80. The highest BCUT2D eigenvalue weighted by atomic mass is 79.9. The normalized spacial score (nSPS) is 15.0. The number of phenols is 1. The maximum Gasteiger partial charge on any atom is 0.257 e. The molecule has 0 bridgehead atoms. The second-order valence-electron chi connectivity index (χ2n) is 7.19. The monoisotopic (exact) mass is 439 g/mol. The van der Waals surface area contributed by atoms with Crippen LogP contribution in [0.25, 0.3) is 5.69 Å². The molecule has 0 spiro atoms. The van der Waals surface area contributed by atoms with Gasteiger partial charge < -0.3 is 10.0 Å². The Balaban J connectivity index is 1.46. The lowest BCUT2D eigenvalue weighted by Crippen LogP contribution is -2.38. The summed E-state index contributed by atoms with van der Waals surface area (Å²) in [5.41, 5.74) is 3.66. The first-order valence-corrected chi connectivity index (χ1v) is 10.2. The largest absolute Gasteiger partial charge is 0.508 e. The molecule has 28 heavy (non-hydrogen) atoms. The summed E-state index contributed by atoms with van der Waals surface area (Å²) in [5.74, 6) is 0.757. The van der Waals surface area contributed by atoms with Crippen molar-refractivity contribution in [1.29, 1.82) is 0 Å². The molecule has 4 rings (SSSR count). The van der Waals surface area contributed by atoms with Crippen LogP contribution in [0.2, 0.25) is 0 Å². The van der Waals surface area contributed by atoms with Crippen molar-refractivity contribution >= 4 is 21.8 Å². The molecule has 1 fully saturated rings. The molecular formula is C22H22BrN3O2. The zero-order valence-electron chi connectivity index (χ0n) is 15.7. The van der Waals surface area contributed by atoms with Crippen molar-refractivity contribution in [2.75, 3.05) is 13.1 Å². The van der Waals surface area contributed by atoms with Gasteiger partial charge in [-0.15, -0.1) is 0 Å². The first-order valence-electron chi connectivity index (χ1n) is 9.41. The highest BCUT2D eigenvalue weighted by molar-refractivity contribution is 9.10. The van der Waals surface area contributed by atoms with E-state index in [1.807, 2.05) is 48.2 Å². The Morgan fingerprint density at radius 1 is 1.14 bits per heavy atom. The summed E-state index contributed by atoms with van der Waals surface area (Å²) < 4.78 is 2.78. The van der Waals surface area contributed by atoms with Gasteiger partial charge in [0.25, 0.3) is 5.91 Å². The van der Waals surface area contributed by atoms with Crippen molar-refractivity contribution in [2.24, 2.45) is 0 Å². The number of halogens is 1. The summed E-state index contributed by atoms with van der Waals surface area (Å²) >= 11 is 3.48. The third kappa shape index (κ3) is 3.69. The molecule has 1 saturated heterocycles. The van der Waals surface area contributed by atoms with Crippen LogP contribution < -0.4 is 0 Å². The van der Waals surface area contributed by atoms with Gasteiger partial charge in [-0.25, -0.2) is 4.68 Å². The number of amides is 1. The number of piperidine rings is 1. The van der Waals surface area contributed by atoms with Crippen LogP contribution in [0.15, 0.2) is 59.2 Å². The van der Waals surface area contributed by atoms with Gasteiger partial charge in [0.15, 0.2) is 0 Å². The van der Waals surface area contributed by atoms with Gasteiger partial charge in [0, 0.05) is 17.6 Å². The standard InChI is InChI=1S/C22H22BrN3O2/c1-15-21(14-24-26(15)19-4-2-3-18(23)13-19)22(28)25-11-9-17(10-12-25)16-5-7-20(27)8-6-16/h2-8,13-14,17,27H,9-12H2,1H3. The molecule has 6 heteroatoms. The predicted octanol–water partition coefficient (Wildman–Crippen LogP) is 4.67. The minimum atomic E-state index is 0.0444. The smallest absolute Gasteiger partial charge is 0.257 e. The average molecular weight is 440 g/mol. The molecule has 0 saturated carbocycles. The predicted molar refractivity (Wildman–Crippen MR) is 112 cm³/mol. The van der Waals surface area contributed by atoms with Gasteiger partial charge in [-0.05, 0) is 61.6 Å². The van der Waals surface area contributed by atoms with Crippen LogP contribution in [-0.4, -0.2) is 38.8 Å². The van der Waals surface area contributed by atoms with Crippen molar-refractivity contribution in [1.82, 2.24) is 14.7 Å². The molecule has 1 aliphatic heterocycles. The van der Waals surface area contributed by atoms with E-state index in [1.54, 1.807) is 23.0 Å². The number of likely N-dealkylation sites (tertiary alicyclic amines) is 1. The number of carbonyl (C=O) groups is 1. The number of phenolic OH excluding ortho intramolecular Hbond substituents is 1. The third-order valence-corrected chi connectivity index (χ3v) is 5.93. The van der Waals surface area contributed by atoms with Gasteiger partial charge in [0.2, 0.25) is 0 Å². The molecule has 0 radical (unpaired) electrons. The van der Waals surface area contributed by atoms with Crippen LogP contribution in [0.3, 0.4) is 0 Å². The van der Waals surface area contributed by atoms with E-state index in [0.29, 0.717) is 11.5 Å². The van der Waals surface area contributed by atoms with Crippen LogP contribution in [0.4, 0.5) is 0 Å². The summed E-state index contributed by atoms with van der Waals surface area (Å²) in [6, 6.07) is 15.3. The summed E-state index contributed by atoms with van der Waals surface area (Å²) in [7, 11) is 0. The van der Waals surface area contributed by atoms with E-state index < -0.39 is 0 Å². The number of rotatable bonds is 3. The van der Waals surface area contributed by atoms with Gasteiger partial charge in [0.1, 0.15) is 5.75 Å². The van der Waals surface area contributed by atoms with Crippen LogP contribution >= 0.6 is 15.9 Å². The lowest BCUT2D eigenvalue weighted by atomic mass is 9.89. The highest BCUT2D eigenvalue weighted by Gasteiger charge is 2.26. The molecule has 0 unspecified atom stereocenters. The highest BCUT2D eigenvalue weighted by Crippen LogP contribution is 2.30. The molecule has 0 aliphatic carbocycles. The molecule has 3 aromatic rings. The average Bonchev–Trinajstić information content (AvgIpc) is 3.09. The van der Waals surface area contributed by atoms with Crippen molar-refractivity contribution < 1.29 is 9.90 Å². The number of hydrogen-bond acceptors (Lipinski definition) is 3. The maximum absolute atomic E-state index is 13.1. The molecular weight excluding hydrogens is 418 g/mol. The van der Waals surface area contributed by atoms with Crippen LogP contribution in [0.1, 0.15) is 40.4 Å². The summed E-state index contributed by atoms with van der Waals surface area (Å²) in [4.78, 5) is 15.0. The SMILES string of the molecule is Cc1c(C(=O)N2CCC(c3ccc(O)cc3)CC2)cnn1-c1cccc(Br)c1. The van der Waals surface area contributed by atoms with Crippen LogP contribution in [-0.2, 0) is 0 Å².